The van der Waals surface area contributed by atoms with Gasteiger partial charge in [-0.2, -0.15) is 4.31 Å². The lowest BCUT2D eigenvalue weighted by atomic mass is 10.1. The van der Waals surface area contributed by atoms with Crippen LogP contribution in [0.4, 0.5) is 5.69 Å². The minimum atomic E-state index is -3.89. The number of nitrogens with zero attached hydrogens (tertiary/aromatic N) is 1. The number of nitrogens with one attached hydrogen (secondary N) is 1. The second-order valence-electron chi connectivity index (χ2n) is 7.04. The molecule has 11 nitrogen and oxygen atoms in total. The van der Waals surface area contributed by atoms with E-state index in [-0.39, 0.29) is 53.8 Å². The minimum Gasteiger partial charge on any atom is -0.495 e. The molecule has 182 valence electrons. The van der Waals surface area contributed by atoms with E-state index in [1.54, 1.807) is 6.07 Å². The number of amides is 1. The molecule has 1 heterocycles. The maximum absolute atomic E-state index is 13.1. The van der Waals surface area contributed by atoms with E-state index < -0.39 is 34.5 Å². The standard InChI is InChI=1S/C22H24N2O9S/c1-30-18-8-7-15(13-19(18)34(28,29)24-9-11-32-12-10-24)23-20(25)14-33-22(27)17-6-4-3-5-16(17)21(26)31-2/h3-8,13H,9-12,14H2,1-2H3,(H,23,25). The van der Waals surface area contributed by atoms with Gasteiger partial charge < -0.3 is 24.3 Å². The molecule has 1 aliphatic heterocycles. The fraction of sp³-hybridized carbons (Fsp3) is 0.318. The van der Waals surface area contributed by atoms with E-state index in [2.05, 4.69) is 10.1 Å². The van der Waals surface area contributed by atoms with Crippen molar-refractivity contribution in [3.63, 3.8) is 0 Å². The summed E-state index contributed by atoms with van der Waals surface area (Å²) >= 11 is 0. The molecular weight excluding hydrogens is 468 g/mol. The van der Waals surface area contributed by atoms with Gasteiger partial charge >= 0.3 is 11.9 Å². The molecule has 1 saturated heterocycles. The van der Waals surface area contributed by atoms with Crippen molar-refractivity contribution in [2.24, 2.45) is 0 Å². The van der Waals surface area contributed by atoms with Crippen molar-refractivity contribution in [1.29, 1.82) is 0 Å². The van der Waals surface area contributed by atoms with Gasteiger partial charge in [-0.25, -0.2) is 18.0 Å². The Kier molecular flexibility index (Phi) is 8.21. The van der Waals surface area contributed by atoms with Crippen LogP contribution in [0, 0.1) is 0 Å². The van der Waals surface area contributed by atoms with Crippen LogP contribution in [0.2, 0.25) is 0 Å². The number of ether oxygens (including phenoxy) is 4. The van der Waals surface area contributed by atoms with Crippen LogP contribution in [-0.2, 0) is 29.0 Å². The Morgan fingerprint density at radius 2 is 1.65 bits per heavy atom. The number of rotatable bonds is 8. The number of hydrogen-bond acceptors (Lipinski definition) is 9. The van der Waals surface area contributed by atoms with Gasteiger partial charge in [0.25, 0.3) is 5.91 Å². The fourth-order valence-corrected chi connectivity index (χ4v) is 4.83. The second-order valence-corrected chi connectivity index (χ2v) is 8.95. The molecule has 0 saturated carbocycles. The van der Waals surface area contributed by atoms with Crippen LogP contribution in [0.25, 0.3) is 0 Å². The third-order valence-electron chi connectivity index (χ3n) is 4.92. The third kappa shape index (κ3) is 5.71. The minimum absolute atomic E-state index is 0.00326. The first kappa shape index (κ1) is 25.1. The SMILES string of the molecule is COC(=O)c1ccccc1C(=O)OCC(=O)Nc1ccc(OC)c(S(=O)(=O)N2CCOCC2)c1. The number of carbonyl (C=O) groups is 3. The summed E-state index contributed by atoms with van der Waals surface area (Å²) < 4.78 is 47.4. The number of hydrogen-bond donors (Lipinski definition) is 1. The third-order valence-corrected chi connectivity index (χ3v) is 6.84. The highest BCUT2D eigenvalue weighted by Crippen LogP contribution is 2.30. The summed E-state index contributed by atoms with van der Waals surface area (Å²) in [6.45, 7) is 0.299. The summed E-state index contributed by atoms with van der Waals surface area (Å²) in [6.07, 6.45) is 0. The first-order valence-corrected chi connectivity index (χ1v) is 11.6. The lowest BCUT2D eigenvalue weighted by Crippen LogP contribution is -2.40. The molecule has 0 atom stereocenters. The van der Waals surface area contributed by atoms with Gasteiger partial charge in [-0.05, 0) is 30.3 Å². The van der Waals surface area contributed by atoms with E-state index in [1.807, 2.05) is 0 Å². The van der Waals surface area contributed by atoms with Crippen molar-refractivity contribution in [3.8, 4) is 5.75 Å². The van der Waals surface area contributed by atoms with Crippen molar-refractivity contribution in [1.82, 2.24) is 4.31 Å². The van der Waals surface area contributed by atoms with Crippen molar-refractivity contribution in [2.45, 2.75) is 4.90 Å². The number of morpholine rings is 1. The molecule has 1 aliphatic rings. The molecule has 1 fully saturated rings. The fourth-order valence-electron chi connectivity index (χ4n) is 3.24. The maximum atomic E-state index is 13.1. The van der Waals surface area contributed by atoms with Crippen molar-refractivity contribution < 1.29 is 41.7 Å². The zero-order valence-electron chi connectivity index (χ0n) is 18.6. The first-order chi connectivity index (χ1) is 16.3. The molecule has 0 spiro atoms. The van der Waals surface area contributed by atoms with E-state index in [1.165, 1.54) is 54.9 Å². The Morgan fingerprint density at radius 1 is 1.00 bits per heavy atom. The highest BCUT2D eigenvalue weighted by atomic mass is 32.2. The van der Waals surface area contributed by atoms with Gasteiger partial charge in [0, 0.05) is 18.8 Å². The van der Waals surface area contributed by atoms with Crippen LogP contribution in [0.1, 0.15) is 20.7 Å². The zero-order chi connectivity index (χ0) is 24.7. The van der Waals surface area contributed by atoms with E-state index in [0.29, 0.717) is 0 Å². The van der Waals surface area contributed by atoms with E-state index in [0.717, 1.165) is 0 Å². The van der Waals surface area contributed by atoms with Crippen LogP contribution in [0.15, 0.2) is 47.4 Å². The van der Waals surface area contributed by atoms with Crippen LogP contribution in [0.5, 0.6) is 5.75 Å². The molecule has 0 aromatic heterocycles. The molecule has 1 amide bonds. The van der Waals surface area contributed by atoms with Gasteiger partial charge in [-0.3, -0.25) is 4.79 Å². The topological polar surface area (TPSA) is 138 Å². The van der Waals surface area contributed by atoms with Crippen LogP contribution in [-0.4, -0.2) is 77.7 Å². The Morgan fingerprint density at radius 3 is 2.26 bits per heavy atom. The average Bonchev–Trinajstić information content (AvgIpc) is 2.87. The van der Waals surface area contributed by atoms with Gasteiger partial charge in [0.2, 0.25) is 10.0 Å². The summed E-state index contributed by atoms with van der Waals surface area (Å²) in [7, 11) is -1.37. The molecule has 34 heavy (non-hydrogen) atoms. The average molecular weight is 493 g/mol. The Balaban J connectivity index is 1.70. The number of benzene rings is 2. The quantitative estimate of drug-likeness (QED) is 0.540. The number of anilines is 1. The second kappa shape index (κ2) is 11.1. The van der Waals surface area contributed by atoms with Crippen molar-refractivity contribution in [2.75, 3.05) is 52.4 Å². The number of esters is 2. The summed E-state index contributed by atoms with van der Waals surface area (Å²) in [4.78, 5) is 36.4. The van der Waals surface area contributed by atoms with Crippen LogP contribution >= 0.6 is 0 Å². The van der Waals surface area contributed by atoms with Gasteiger partial charge in [-0.15, -0.1) is 0 Å². The first-order valence-electron chi connectivity index (χ1n) is 10.2. The Bertz CT molecular complexity index is 1170. The lowest BCUT2D eigenvalue weighted by molar-refractivity contribution is -0.119. The normalized spacial score (nSPS) is 14.2. The molecule has 3 rings (SSSR count). The smallest absolute Gasteiger partial charge is 0.339 e. The van der Waals surface area contributed by atoms with E-state index in [9.17, 15) is 22.8 Å². The van der Waals surface area contributed by atoms with Crippen molar-refractivity contribution >= 4 is 33.6 Å². The lowest BCUT2D eigenvalue weighted by Gasteiger charge is -2.26. The molecule has 12 heteroatoms. The number of carbonyl (C=O) groups excluding carboxylic acids is 3. The monoisotopic (exact) mass is 492 g/mol. The Hall–Kier alpha value is -3.48. The van der Waals surface area contributed by atoms with Gasteiger partial charge in [0.1, 0.15) is 10.6 Å². The highest BCUT2D eigenvalue weighted by Gasteiger charge is 2.29. The summed E-state index contributed by atoms with van der Waals surface area (Å²) in [5.41, 5.74) is 0.123. The maximum Gasteiger partial charge on any atom is 0.339 e. The summed E-state index contributed by atoms with van der Waals surface area (Å²) in [5.74, 6) is -2.19. The molecule has 0 radical (unpaired) electrons. The number of methoxy groups -OCH3 is 2. The van der Waals surface area contributed by atoms with Crippen LogP contribution in [0.3, 0.4) is 0 Å². The van der Waals surface area contributed by atoms with Gasteiger partial charge in [-0.1, -0.05) is 12.1 Å². The molecule has 2 aromatic carbocycles. The van der Waals surface area contributed by atoms with Crippen LogP contribution < -0.4 is 10.1 Å². The highest BCUT2D eigenvalue weighted by molar-refractivity contribution is 7.89. The predicted octanol–water partition coefficient (Wildman–Crippen LogP) is 1.30. The largest absolute Gasteiger partial charge is 0.495 e. The molecular formula is C22H24N2O9S. The summed E-state index contributed by atoms with van der Waals surface area (Å²) in [6, 6.07) is 10.0. The Labute approximate surface area is 196 Å². The molecule has 2 aromatic rings. The molecule has 0 bridgehead atoms. The van der Waals surface area contributed by atoms with Crippen molar-refractivity contribution in [3.05, 3.63) is 53.6 Å². The molecule has 0 aliphatic carbocycles. The predicted molar refractivity (Wildman–Crippen MR) is 119 cm³/mol. The van der Waals surface area contributed by atoms with E-state index >= 15 is 0 Å². The molecule has 1 N–H and O–H groups in total. The molecule has 0 unspecified atom stereocenters. The number of sulfonamides is 1. The zero-order valence-corrected chi connectivity index (χ0v) is 19.4. The van der Waals surface area contributed by atoms with Gasteiger partial charge in [0.15, 0.2) is 6.61 Å². The van der Waals surface area contributed by atoms with Gasteiger partial charge in [0.05, 0.1) is 38.6 Å². The van der Waals surface area contributed by atoms with E-state index in [4.69, 9.17) is 14.2 Å². The summed E-state index contributed by atoms with van der Waals surface area (Å²) in [5, 5.41) is 2.49.